The Morgan fingerprint density at radius 1 is 1.14 bits per heavy atom. The molecule has 0 saturated heterocycles. The number of imidazole rings is 1. The minimum atomic E-state index is -1.10. The predicted octanol–water partition coefficient (Wildman–Crippen LogP) is 2.96. The Kier molecular flexibility index (Phi) is 3.39. The zero-order valence-electron chi connectivity index (χ0n) is 11.2. The number of pyridine rings is 1. The van der Waals surface area contributed by atoms with Crippen molar-refractivity contribution in [3.63, 3.8) is 0 Å². The molecular formula is C16H13FN2O2. The van der Waals surface area contributed by atoms with E-state index < -0.39 is 11.8 Å². The van der Waals surface area contributed by atoms with Gasteiger partial charge in [-0.2, -0.15) is 0 Å². The molecule has 0 saturated carbocycles. The number of hydrogen-bond acceptors (Lipinski definition) is 2. The van der Waals surface area contributed by atoms with Crippen molar-refractivity contribution in [1.29, 1.82) is 0 Å². The molecule has 0 amide bonds. The molecule has 1 N–H and O–H groups in total. The quantitative estimate of drug-likeness (QED) is 0.801. The third kappa shape index (κ3) is 2.50. The standard InChI is InChI=1S/C16H13FN2O2/c17-12-7-4-10-19-14(16(20)21)13(18-15(12)19)9-8-11-5-2-1-3-6-11/h1-7,10H,8-9H2,(H,20,21). The summed E-state index contributed by atoms with van der Waals surface area (Å²) in [6.45, 7) is 0. The Balaban J connectivity index is 2.00. The first-order chi connectivity index (χ1) is 10.2. The van der Waals surface area contributed by atoms with E-state index in [1.165, 1.54) is 22.7 Å². The van der Waals surface area contributed by atoms with Gasteiger partial charge in [0.1, 0.15) is 0 Å². The van der Waals surface area contributed by atoms with Gasteiger partial charge in [0.05, 0.1) is 5.69 Å². The van der Waals surface area contributed by atoms with Crippen LogP contribution in [-0.2, 0) is 12.8 Å². The molecule has 0 unspecified atom stereocenters. The van der Waals surface area contributed by atoms with Crippen molar-refractivity contribution in [2.75, 3.05) is 0 Å². The fraction of sp³-hybridized carbons (Fsp3) is 0.125. The van der Waals surface area contributed by atoms with Crippen LogP contribution in [0.2, 0.25) is 0 Å². The minimum absolute atomic E-state index is 0.0282. The van der Waals surface area contributed by atoms with E-state index in [2.05, 4.69) is 4.98 Å². The van der Waals surface area contributed by atoms with Crippen molar-refractivity contribution in [2.24, 2.45) is 0 Å². The average molecular weight is 284 g/mol. The summed E-state index contributed by atoms with van der Waals surface area (Å²) in [7, 11) is 0. The van der Waals surface area contributed by atoms with Gasteiger partial charge in [-0.15, -0.1) is 0 Å². The molecule has 3 aromatic rings. The number of aryl methyl sites for hydroxylation is 2. The van der Waals surface area contributed by atoms with Crippen molar-refractivity contribution >= 4 is 11.6 Å². The summed E-state index contributed by atoms with van der Waals surface area (Å²) in [5.74, 6) is -1.62. The Hall–Kier alpha value is -2.69. The van der Waals surface area contributed by atoms with Crippen molar-refractivity contribution in [1.82, 2.24) is 9.38 Å². The molecule has 106 valence electrons. The number of hydrogen-bond donors (Lipinski definition) is 1. The van der Waals surface area contributed by atoms with Crippen LogP contribution in [0, 0.1) is 5.82 Å². The maximum absolute atomic E-state index is 13.7. The monoisotopic (exact) mass is 284 g/mol. The highest BCUT2D eigenvalue weighted by Gasteiger charge is 2.19. The first-order valence-corrected chi connectivity index (χ1v) is 6.59. The zero-order valence-corrected chi connectivity index (χ0v) is 11.2. The summed E-state index contributed by atoms with van der Waals surface area (Å²) < 4.78 is 15.0. The van der Waals surface area contributed by atoms with Crippen molar-refractivity contribution < 1.29 is 14.3 Å². The van der Waals surface area contributed by atoms with Crippen LogP contribution in [0.25, 0.3) is 5.65 Å². The first kappa shape index (κ1) is 13.3. The summed E-state index contributed by atoms with van der Waals surface area (Å²) in [4.78, 5) is 15.6. The summed E-state index contributed by atoms with van der Waals surface area (Å²) in [5.41, 5.74) is 1.57. The van der Waals surface area contributed by atoms with E-state index in [-0.39, 0.29) is 11.3 Å². The molecule has 21 heavy (non-hydrogen) atoms. The fourth-order valence-electron chi connectivity index (χ4n) is 2.39. The number of carboxylic acid groups (broad SMARTS) is 1. The lowest BCUT2D eigenvalue weighted by Gasteiger charge is -2.01. The van der Waals surface area contributed by atoms with E-state index >= 15 is 0 Å². The molecule has 0 radical (unpaired) electrons. The molecule has 2 aromatic heterocycles. The Bertz CT molecular complexity index is 797. The molecular weight excluding hydrogens is 271 g/mol. The van der Waals surface area contributed by atoms with Crippen molar-refractivity contribution in [3.05, 3.63) is 71.4 Å². The highest BCUT2D eigenvalue weighted by Crippen LogP contribution is 2.17. The maximum atomic E-state index is 13.7. The van der Waals surface area contributed by atoms with E-state index in [0.29, 0.717) is 18.5 Å². The summed E-state index contributed by atoms with van der Waals surface area (Å²) in [5, 5.41) is 9.36. The molecule has 0 aliphatic heterocycles. The number of fused-ring (bicyclic) bond motifs is 1. The van der Waals surface area contributed by atoms with E-state index in [1.54, 1.807) is 0 Å². The van der Waals surface area contributed by atoms with Crippen LogP contribution in [0.5, 0.6) is 0 Å². The molecule has 0 spiro atoms. The molecule has 3 rings (SSSR count). The van der Waals surface area contributed by atoms with Gasteiger partial charge in [0.15, 0.2) is 17.2 Å². The number of benzene rings is 1. The van der Waals surface area contributed by atoms with Crippen LogP contribution in [0.3, 0.4) is 0 Å². The Labute approximate surface area is 120 Å². The van der Waals surface area contributed by atoms with Gasteiger partial charge in [-0.3, -0.25) is 4.40 Å². The van der Waals surface area contributed by atoms with Crippen LogP contribution >= 0.6 is 0 Å². The van der Waals surface area contributed by atoms with Gasteiger partial charge in [-0.05, 0) is 30.5 Å². The van der Waals surface area contributed by atoms with Crippen LogP contribution in [0.4, 0.5) is 4.39 Å². The summed E-state index contributed by atoms with van der Waals surface area (Å²) >= 11 is 0. The Morgan fingerprint density at radius 3 is 2.62 bits per heavy atom. The molecule has 1 aromatic carbocycles. The largest absolute Gasteiger partial charge is 0.477 e. The number of carboxylic acids is 1. The third-order valence-corrected chi connectivity index (χ3v) is 3.37. The fourth-order valence-corrected chi connectivity index (χ4v) is 2.39. The zero-order chi connectivity index (χ0) is 14.8. The normalized spacial score (nSPS) is 10.9. The topological polar surface area (TPSA) is 54.6 Å². The van der Waals surface area contributed by atoms with Gasteiger partial charge in [0.2, 0.25) is 0 Å². The van der Waals surface area contributed by atoms with Gasteiger partial charge >= 0.3 is 5.97 Å². The number of halogens is 1. The highest BCUT2D eigenvalue weighted by molar-refractivity contribution is 5.88. The SMILES string of the molecule is O=C(O)c1c(CCc2ccccc2)nc2c(F)cccn12. The molecule has 0 aliphatic rings. The highest BCUT2D eigenvalue weighted by atomic mass is 19.1. The van der Waals surface area contributed by atoms with E-state index in [0.717, 1.165) is 5.56 Å². The van der Waals surface area contributed by atoms with E-state index in [1.807, 2.05) is 30.3 Å². The van der Waals surface area contributed by atoms with Crippen LogP contribution in [0.15, 0.2) is 48.7 Å². The van der Waals surface area contributed by atoms with Crippen molar-refractivity contribution in [2.45, 2.75) is 12.8 Å². The smallest absolute Gasteiger partial charge is 0.354 e. The maximum Gasteiger partial charge on any atom is 0.354 e. The lowest BCUT2D eigenvalue weighted by atomic mass is 10.1. The number of carbonyl (C=O) groups is 1. The van der Waals surface area contributed by atoms with Gasteiger partial charge in [0, 0.05) is 6.20 Å². The number of rotatable bonds is 4. The summed E-state index contributed by atoms with van der Waals surface area (Å²) in [6, 6.07) is 12.5. The molecule has 0 atom stereocenters. The van der Waals surface area contributed by atoms with Crippen molar-refractivity contribution in [3.8, 4) is 0 Å². The molecule has 0 fully saturated rings. The van der Waals surface area contributed by atoms with Crippen LogP contribution in [0.1, 0.15) is 21.7 Å². The lowest BCUT2D eigenvalue weighted by molar-refractivity contribution is 0.0688. The molecule has 0 aliphatic carbocycles. The van der Waals surface area contributed by atoms with E-state index in [4.69, 9.17) is 0 Å². The van der Waals surface area contributed by atoms with E-state index in [9.17, 15) is 14.3 Å². The van der Waals surface area contributed by atoms with Crippen LogP contribution in [-0.4, -0.2) is 20.5 Å². The Morgan fingerprint density at radius 2 is 1.90 bits per heavy atom. The molecule has 5 heteroatoms. The second-order valence-corrected chi connectivity index (χ2v) is 4.75. The molecule has 2 heterocycles. The number of nitrogens with zero attached hydrogens (tertiary/aromatic N) is 2. The minimum Gasteiger partial charge on any atom is -0.477 e. The third-order valence-electron chi connectivity index (χ3n) is 3.37. The lowest BCUT2D eigenvalue weighted by Crippen LogP contribution is -2.06. The predicted molar refractivity (Wildman–Crippen MR) is 76.0 cm³/mol. The second kappa shape index (κ2) is 5.36. The van der Waals surface area contributed by atoms with Gasteiger partial charge in [0.25, 0.3) is 0 Å². The number of aromatic nitrogens is 2. The summed E-state index contributed by atoms with van der Waals surface area (Å²) in [6.07, 6.45) is 2.63. The average Bonchev–Trinajstić information content (AvgIpc) is 2.86. The van der Waals surface area contributed by atoms with Gasteiger partial charge < -0.3 is 5.11 Å². The molecule has 4 nitrogen and oxygen atoms in total. The molecule has 0 bridgehead atoms. The van der Waals surface area contributed by atoms with Gasteiger partial charge in [-0.1, -0.05) is 30.3 Å². The van der Waals surface area contributed by atoms with Gasteiger partial charge in [-0.25, -0.2) is 14.2 Å². The first-order valence-electron chi connectivity index (χ1n) is 6.59. The second-order valence-electron chi connectivity index (χ2n) is 4.75. The number of aromatic carboxylic acids is 1. The van der Waals surface area contributed by atoms with Crippen LogP contribution < -0.4 is 0 Å².